The maximum Gasteiger partial charge on any atom is 0.325 e. The standard InChI is InChI=1S/C18H20BrN5O4/c1-24(10-16(25)22-15-8-3-12(19)9-20-15)11-17(26)23-18(27)21-13-4-6-14(28-2)7-5-13/h3-9H,10-11H2,1-2H3,(H,20,22,25)(H2,21,23,26,27). The molecule has 1 aromatic carbocycles. The van der Waals surface area contributed by atoms with Gasteiger partial charge in [0.1, 0.15) is 11.6 Å². The number of urea groups is 1. The Balaban J connectivity index is 1.73. The summed E-state index contributed by atoms with van der Waals surface area (Å²) in [5, 5.41) is 7.37. The van der Waals surface area contributed by atoms with Crippen LogP contribution in [0.2, 0.25) is 0 Å². The van der Waals surface area contributed by atoms with E-state index in [4.69, 9.17) is 4.74 Å². The number of nitrogens with one attached hydrogen (secondary N) is 3. The maximum atomic E-state index is 12.0. The Bertz CT molecular complexity index is 827. The van der Waals surface area contributed by atoms with E-state index >= 15 is 0 Å². The van der Waals surface area contributed by atoms with Crippen LogP contribution >= 0.6 is 15.9 Å². The number of likely N-dealkylation sites (N-methyl/N-ethyl adjacent to an activating group) is 1. The highest BCUT2D eigenvalue weighted by Gasteiger charge is 2.13. The molecule has 3 N–H and O–H groups in total. The summed E-state index contributed by atoms with van der Waals surface area (Å²) in [6.07, 6.45) is 1.56. The lowest BCUT2D eigenvalue weighted by atomic mass is 10.3. The number of aromatic nitrogens is 1. The second-order valence-electron chi connectivity index (χ2n) is 5.81. The first-order valence-electron chi connectivity index (χ1n) is 8.20. The van der Waals surface area contributed by atoms with Crippen LogP contribution in [-0.2, 0) is 9.59 Å². The van der Waals surface area contributed by atoms with Crippen molar-refractivity contribution in [2.75, 3.05) is 37.9 Å². The van der Waals surface area contributed by atoms with Crippen LogP contribution in [0.25, 0.3) is 0 Å². The third kappa shape index (κ3) is 7.33. The molecule has 2 aromatic rings. The molecule has 9 nitrogen and oxygen atoms in total. The van der Waals surface area contributed by atoms with Crippen LogP contribution in [0.5, 0.6) is 5.75 Å². The Morgan fingerprint density at radius 1 is 1.04 bits per heavy atom. The van der Waals surface area contributed by atoms with Gasteiger partial charge in [-0.15, -0.1) is 0 Å². The van der Waals surface area contributed by atoms with Crippen LogP contribution in [0.3, 0.4) is 0 Å². The van der Waals surface area contributed by atoms with Crippen molar-refractivity contribution < 1.29 is 19.1 Å². The molecule has 0 fully saturated rings. The monoisotopic (exact) mass is 449 g/mol. The van der Waals surface area contributed by atoms with E-state index in [0.29, 0.717) is 17.3 Å². The Labute approximate surface area is 170 Å². The van der Waals surface area contributed by atoms with E-state index in [1.54, 1.807) is 56.8 Å². The van der Waals surface area contributed by atoms with Crippen LogP contribution in [0.4, 0.5) is 16.3 Å². The van der Waals surface area contributed by atoms with Gasteiger partial charge >= 0.3 is 6.03 Å². The fourth-order valence-corrected chi connectivity index (χ4v) is 2.42. The normalized spacial score (nSPS) is 10.3. The Hall–Kier alpha value is -2.98. The molecular formula is C18H20BrN5O4. The topological polar surface area (TPSA) is 113 Å². The molecule has 0 unspecified atom stereocenters. The van der Waals surface area contributed by atoms with E-state index in [1.165, 1.54) is 4.90 Å². The minimum atomic E-state index is -0.660. The second-order valence-corrected chi connectivity index (χ2v) is 6.73. The van der Waals surface area contributed by atoms with Gasteiger partial charge in [-0.1, -0.05) is 0 Å². The summed E-state index contributed by atoms with van der Waals surface area (Å²) in [6, 6.07) is 9.41. The molecule has 2 rings (SSSR count). The average Bonchev–Trinajstić information content (AvgIpc) is 2.63. The lowest BCUT2D eigenvalue weighted by Gasteiger charge is -2.15. The minimum Gasteiger partial charge on any atom is -0.497 e. The number of benzene rings is 1. The van der Waals surface area contributed by atoms with Gasteiger partial charge in [0, 0.05) is 16.4 Å². The van der Waals surface area contributed by atoms with Crippen molar-refractivity contribution in [3.8, 4) is 5.75 Å². The number of anilines is 2. The molecule has 0 aliphatic heterocycles. The zero-order chi connectivity index (χ0) is 20.5. The number of halogens is 1. The highest BCUT2D eigenvalue weighted by Crippen LogP contribution is 2.14. The van der Waals surface area contributed by atoms with E-state index in [2.05, 4.69) is 36.9 Å². The molecule has 0 bridgehead atoms. The molecule has 28 heavy (non-hydrogen) atoms. The molecule has 10 heteroatoms. The van der Waals surface area contributed by atoms with Crippen molar-refractivity contribution in [1.82, 2.24) is 15.2 Å². The van der Waals surface area contributed by atoms with Crippen molar-refractivity contribution in [1.29, 1.82) is 0 Å². The van der Waals surface area contributed by atoms with Gasteiger partial charge in [0.25, 0.3) is 0 Å². The van der Waals surface area contributed by atoms with E-state index in [1.807, 2.05) is 0 Å². The summed E-state index contributed by atoms with van der Waals surface area (Å²) in [6.45, 7) is -0.164. The molecule has 0 atom stereocenters. The Morgan fingerprint density at radius 2 is 1.71 bits per heavy atom. The molecule has 0 radical (unpaired) electrons. The molecule has 4 amide bonds. The maximum absolute atomic E-state index is 12.0. The van der Waals surface area contributed by atoms with Gasteiger partial charge < -0.3 is 15.4 Å². The van der Waals surface area contributed by atoms with Crippen molar-refractivity contribution >= 4 is 45.3 Å². The highest BCUT2D eigenvalue weighted by atomic mass is 79.9. The Kier molecular flexibility index (Phi) is 7.90. The SMILES string of the molecule is COc1ccc(NC(=O)NC(=O)CN(C)CC(=O)Nc2ccc(Br)cn2)cc1. The van der Waals surface area contributed by atoms with Crippen LogP contribution in [-0.4, -0.2) is 55.0 Å². The van der Waals surface area contributed by atoms with E-state index in [0.717, 1.165) is 4.47 Å². The molecule has 0 spiro atoms. The van der Waals surface area contributed by atoms with E-state index < -0.39 is 11.9 Å². The van der Waals surface area contributed by atoms with Crippen molar-refractivity contribution in [3.05, 3.63) is 47.1 Å². The number of pyridine rings is 1. The summed E-state index contributed by atoms with van der Waals surface area (Å²) in [7, 11) is 3.13. The Morgan fingerprint density at radius 3 is 2.32 bits per heavy atom. The van der Waals surface area contributed by atoms with Crippen molar-refractivity contribution in [2.45, 2.75) is 0 Å². The van der Waals surface area contributed by atoms with Gasteiger partial charge in [0.05, 0.1) is 20.2 Å². The lowest BCUT2D eigenvalue weighted by Crippen LogP contribution is -2.42. The van der Waals surface area contributed by atoms with E-state index in [9.17, 15) is 14.4 Å². The second kappa shape index (κ2) is 10.4. The first-order chi connectivity index (χ1) is 13.4. The summed E-state index contributed by atoms with van der Waals surface area (Å²) >= 11 is 3.26. The fraction of sp³-hybridized carbons (Fsp3) is 0.222. The number of nitrogens with zero attached hydrogens (tertiary/aromatic N) is 2. The molecule has 0 aliphatic carbocycles. The van der Waals surface area contributed by atoms with Crippen molar-refractivity contribution in [3.63, 3.8) is 0 Å². The van der Waals surface area contributed by atoms with Crippen molar-refractivity contribution in [2.24, 2.45) is 0 Å². The minimum absolute atomic E-state index is 0.0364. The number of hydrogen-bond acceptors (Lipinski definition) is 6. The quantitative estimate of drug-likeness (QED) is 0.596. The molecule has 0 saturated carbocycles. The molecule has 1 heterocycles. The smallest absolute Gasteiger partial charge is 0.325 e. The zero-order valence-corrected chi connectivity index (χ0v) is 16.9. The molecular weight excluding hydrogens is 430 g/mol. The fourth-order valence-electron chi connectivity index (χ4n) is 2.18. The first kappa shape index (κ1) is 21.3. The van der Waals surface area contributed by atoms with Crippen LogP contribution in [0.1, 0.15) is 0 Å². The summed E-state index contributed by atoms with van der Waals surface area (Å²) in [5.74, 6) is 0.195. The third-order valence-electron chi connectivity index (χ3n) is 3.42. The first-order valence-corrected chi connectivity index (χ1v) is 9.00. The van der Waals surface area contributed by atoms with Gasteiger partial charge in [-0.25, -0.2) is 9.78 Å². The number of rotatable bonds is 7. The number of carbonyl (C=O) groups is 3. The number of carbonyl (C=O) groups excluding carboxylic acids is 3. The number of methoxy groups -OCH3 is 1. The average molecular weight is 450 g/mol. The van der Waals surface area contributed by atoms with Gasteiger partial charge in [-0.05, 0) is 59.4 Å². The van der Waals surface area contributed by atoms with Crippen LogP contribution in [0.15, 0.2) is 47.1 Å². The third-order valence-corrected chi connectivity index (χ3v) is 3.89. The van der Waals surface area contributed by atoms with Gasteiger partial charge in [0.2, 0.25) is 11.8 Å². The van der Waals surface area contributed by atoms with Gasteiger partial charge in [-0.2, -0.15) is 0 Å². The largest absolute Gasteiger partial charge is 0.497 e. The summed E-state index contributed by atoms with van der Waals surface area (Å²) in [4.78, 5) is 41.3. The number of hydrogen-bond donors (Lipinski definition) is 3. The zero-order valence-electron chi connectivity index (χ0n) is 15.4. The van der Waals surface area contributed by atoms with Gasteiger partial charge in [-0.3, -0.25) is 19.8 Å². The highest BCUT2D eigenvalue weighted by molar-refractivity contribution is 9.10. The van der Waals surface area contributed by atoms with E-state index in [-0.39, 0.29) is 19.0 Å². The molecule has 148 valence electrons. The number of amides is 4. The predicted molar refractivity (Wildman–Crippen MR) is 108 cm³/mol. The summed E-state index contributed by atoms with van der Waals surface area (Å²) in [5.41, 5.74) is 0.515. The molecule has 0 saturated heterocycles. The predicted octanol–water partition coefficient (Wildman–Crippen LogP) is 2.07. The number of ether oxygens (including phenoxy) is 1. The molecule has 1 aromatic heterocycles. The summed E-state index contributed by atoms with van der Waals surface area (Å²) < 4.78 is 5.83. The van der Waals surface area contributed by atoms with Crippen LogP contribution in [0, 0.1) is 0 Å². The molecule has 0 aliphatic rings. The van der Waals surface area contributed by atoms with Gasteiger partial charge in [0.15, 0.2) is 0 Å². The van der Waals surface area contributed by atoms with Crippen LogP contribution < -0.4 is 20.7 Å². The lowest BCUT2D eigenvalue weighted by molar-refractivity contribution is -0.122. The number of imide groups is 1.